The first-order valence-electron chi connectivity index (χ1n) is 12.5. The van der Waals surface area contributed by atoms with E-state index in [0.717, 1.165) is 22.9 Å². The van der Waals surface area contributed by atoms with E-state index >= 15 is 0 Å². The molecule has 1 aliphatic rings. The highest BCUT2D eigenvalue weighted by molar-refractivity contribution is 8.15. The summed E-state index contributed by atoms with van der Waals surface area (Å²) < 4.78 is 42.4. The molecular weight excluding hydrogens is 593 g/mol. The molecule has 5 rings (SSSR count). The number of carbonyl (C=O) groups is 2. The smallest absolute Gasteiger partial charge is 0.406 e. The number of urea groups is 1. The number of amidine groups is 1. The SMILES string of the molecule is Cc1ccc(Cl)c(N2C(=O)CS/C2=N\C(=O)Nc2ccc(CCc3ncn(-c4ccc(OC(F)(F)F)cc4)n3)cc2)c1. The van der Waals surface area contributed by atoms with Crippen LogP contribution in [0.4, 0.5) is 29.3 Å². The molecule has 14 heteroatoms. The van der Waals surface area contributed by atoms with E-state index in [0.29, 0.717) is 40.8 Å². The Labute approximate surface area is 247 Å². The maximum atomic E-state index is 12.6. The summed E-state index contributed by atoms with van der Waals surface area (Å²) in [6.45, 7) is 1.88. The number of alkyl halides is 3. The molecule has 0 atom stereocenters. The van der Waals surface area contributed by atoms with Crippen molar-refractivity contribution in [1.82, 2.24) is 14.8 Å². The first kappa shape index (κ1) is 29.1. The zero-order chi connectivity index (χ0) is 29.9. The Kier molecular flexibility index (Phi) is 8.50. The fourth-order valence-corrected chi connectivity index (χ4v) is 5.12. The van der Waals surface area contributed by atoms with Gasteiger partial charge in [-0.1, -0.05) is 41.6 Å². The second-order valence-corrected chi connectivity index (χ2v) is 10.5. The molecule has 3 amide bonds. The van der Waals surface area contributed by atoms with Crippen molar-refractivity contribution >= 4 is 51.8 Å². The molecule has 216 valence electrons. The van der Waals surface area contributed by atoms with E-state index in [1.54, 1.807) is 24.3 Å². The minimum atomic E-state index is -4.75. The van der Waals surface area contributed by atoms with E-state index in [-0.39, 0.29) is 22.6 Å². The van der Waals surface area contributed by atoms with Gasteiger partial charge in [-0.05, 0) is 73.0 Å². The highest BCUT2D eigenvalue weighted by atomic mass is 35.5. The van der Waals surface area contributed by atoms with E-state index in [1.165, 1.54) is 40.2 Å². The predicted molar refractivity (Wildman–Crippen MR) is 154 cm³/mol. The number of benzene rings is 3. The van der Waals surface area contributed by atoms with Crippen molar-refractivity contribution in [3.05, 3.63) is 95.0 Å². The largest absolute Gasteiger partial charge is 0.573 e. The Bertz CT molecular complexity index is 1640. The molecule has 0 aliphatic carbocycles. The normalized spacial score (nSPS) is 14.5. The van der Waals surface area contributed by atoms with Crippen molar-refractivity contribution in [2.24, 2.45) is 4.99 Å². The van der Waals surface area contributed by atoms with Crippen molar-refractivity contribution in [3.63, 3.8) is 0 Å². The zero-order valence-corrected chi connectivity index (χ0v) is 23.5. The molecule has 1 saturated heterocycles. The molecule has 1 aliphatic heterocycles. The van der Waals surface area contributed by atoms with Gasteiger partial charge in [-0.2, -0.15) is 10.1 Å². The van der Waals surface area contributed by atoms with Crippen LogP contribution in [0.25, 0.3) is 5.69 Å². The van der Waals surface area contributed by atoms with Crippen LogP contribution >= 0.6 is 23.4 Å². The second-order valence-electron chi connectivity index (χ2n) is 9.14. The number of hydrogen-bond donors (Lipinski definition) is 1. The number of halogens is 4. The van der Waals surface area contributed by atoms with Gasteiger partial charge in [-0.15, -0.1) is 13.2 Å². The van der Waals surface area contributed by atoms with Crippen molar-refractivity contribution in [2.45, 2.75) is 26.1 Å². The van der Waals surface area contributed by atoms with Crippen molar-refractivity contribution in [3.8, 4) is 11.4 Å². The van der Waals surface area contributed by atoms with Crippen LogP contribution in [0.5, 0.6) is 5.75 Å². The van der Waals surface area contributed by atoms with Gasteiger partial charge in [0, 0.05) is 12.1 Å². The lowest BCUT2D eigenvalue weighted by atomic mass is 10.1. The molecule has 42 heavy (non-hydrogen) atoms. The Morgan fingerprint density at radius 1 is 1.10 bits per heavy atom. The van der Waals surface area contributed by atoms with Gasteiger partial charge >= 0.3 is 12.4 Å². The molecule has 1 fully saturated rings. The van der Waals surface area contributed by atoms with Crippen molar-refractivity contribution < 1.29 is 27.5 Å². The van der Waals surface area contributed by atoms with Gasteiger partial charge in [0.15, 0.2) is 11.0 Å². The molecule has 0 saturated carbocycles. The third-order valence-electron chi connectivity index (χ3n) is 6.02. The molecule has 1 N–H and O–H groups in total. The number of aryl methyl sites for hydroxylation is 3. The summed E-state index contributed by atoms with van der Waals surface area (Å²) in [6, 6.07) is 17.2. The highest BCUT2D eigenvalue weighted by Gasteiger charge is 2.32. The zero-order valence-electron chi connectivity index (χ0n) is 21.9. The van der Waals surface area contributed by atoms with Gasteiger partial charge in [0.2, 0.25) is 5.91 Å². The lowest BCUT2D eigenvalue weighted by Gasteiger charge is -2.18. The lowest BCUT2D eigenvalue weighted by molar-refractivity contribution is -0.274. The Morgan fingerprint density at radius 2 is 1.83 bits per heavy atom. The van der Waals surface area contributed by atoms with E-state index < -0.39 is 12.4 Å². The maximum absolute atomic E-state index is 12.6. The van der Waals surface area contributed by atoms with Crippen LogP contribution in [-0.4, -0.2) is 44.0 Å². The number of thioether (sulfide) groups is 1. The number of rotatable bonds is 7. The summed E-state index contributed by atoms with van der Waals surface area (Å²) in [5, 5.41) is 7.73. The number of amides is 3. The van der Waals surface area contributed by atoms with E-state index in [9.17, 15) is 22.8 Å². The average molecular weight is 615 g/mol. The average Bonchev–Trinajstić information content (AvgIpc) is 3.56. The van der Waals surface area contributed by atoms with Crippen LogP contribution in [0.15, 0.2) is 78.0 Å². The van der Waals surface area contributed by atoms with Crippen LogP contribution in [-0.2, 0) is 17.6 Å². The van der Waals surface area contributed by atoms with Crippen molar-refractivity contribution in [1.29, 1.82) is 0 Å². The third kappa shape index (κ3) is 7.28. The molecule has 1 aromatic heterocycles. The summed E-state index contributed by atoms with van der Waals surface area (Å²) in [7, 11) is 0. The van der Waals surface area contributed by atoms with Crippen LogP contribution in [0, 0.1) is 6.92 Å². The Balaban J connectivity index is 1.16. The third-order valence-corrected chi connectivity index (χ3v) is 7.26. The summed E-state index contributed by atoms with van der Waals surface area (Å²) in [4.78, 5) is 34.9. The van der Waals surface area contributed by atoms with Gasteiger partial charge in [-0.25, -0.2) is 14.5 Å². The van der Waals surface area contributed by atoms with Gasteiger partial charge in [0.05, 0.1) is 22.2 Å². The molecular formula is C28H22ClF3N6O3S. The summed E-state index contributed by atoms with van der Waals surface area (Å²) in [5.41, 5.74) is 3.44. The first-order valence-corrected chi connectivity index (χ1v) is 13.9. The molecule has 0 spiro atoms. The van der Waals surface area contributed by atoms with E-state index in [1.807, 2.05) is 25.1 Å². The minimum absolute atomic E-state index is 0.154. The number of hydrogen-bond acceptors (Lipinski definition) is 6. The van der Waals surface area contributed by atoms with Gasteiger partial charge < -0.3 is 10.1 Å². The molecule has 0 unspecified atom stereocenters. The summed E-state index contributed by atoms with van der Waals surface area (Å²) >= 11 is 7.46. The van der Waals surface area contributed by atoms with Gasteiger partial charge in [-0.3, -0.25) is 9.69 Å². The highest BCUT2D eigenvalue weighted by Crippen LogP contribution is 2.33. The number of carbonyl (C=O) groups excluding carboxylic acids is 2. The number of ether oxygens (including phenoxy) is 1. The Morgan fingerprint density at radius 3 is 2.55 bits per heavy atom. The number of anilines is 2. The van der Waals surface area contributed by atoms with E-state index in [2.05, 4.69) is 25.1 Å². The van der Waals surface area contributed by atoms with Crippen LogP contribution < -0.4 is 15.0 Å². The second kappa shape index (κ2) is 12.2. The monoisotopic (exact) mass is 614 g/mol. The number of aromatic nitrogens is 3. The lowest BCUT2D eigenvalue weighted by Crippen LogP contribution is -2.30. The quantitative estimate of drug-likeness (QED) is 0.252. The van der Waals surface area contributed by atoms with Crippen LogP contribution in [0.1, 0.15) is 17.0 Å². The van der Waals surface area contributed by atoms with Crippen molar-refractivity contribution in [2.75, 3.05) is 16.0 Å². The fourth-order valence-electron chi connectivity index (χ4n) is 4.06. The molecule has 0 bridgehead atoms. The molecule has 4 aromatic rings. The van der Waals surface area contributed by atoms with Gasteiger partial charge in [0.25, 0.3) is 0 Å². The van der Waals surface area contributed by atoms with Gasteiger partial charge in [0.1, 0.15) is 12.1 Å². The summed E-state index contributed by atoms with van der Waals surface area (Å²) in [6.07, 6.45) is -2.14. The number of aliphatic imine (C=N–C) groups is 1. The minimum Gasteiger partial charge on any atom is -0.406 e. The molecule has 3 aromatic carbocycles. The van der Waals surface area contributed by atoms with Crippen LogP contribution in [0.3, 0.4) is 0 Å². The summed E-state index contributed by atoms with van der Waals surface area (Å²) in [5.74, 6) is 0.179. The maximum Gasteiger partial charge on any atom is 0.573 e. The molecule has 9 nitrogen and oxygen atoms in total. The standard InChI is InChI=1S/C28H22ClF3N6O3S/c1-17-2-12-22(29)23(14-17)38-25(39)15-42-27(38)35-26(40)34-19-6-3-18(4-7-19)5-13-24-33-16-37(36-24)20-8-10-21(11-9-20)41-28(30,31)32/h2-4,6-12,14,16H,5,13,15H2,1H3,(H,34,40)/b35-27-. The molecule has 2 heterocycles. The number of nitrogens with zero attached hydrogens (tertiary/aromatic N) is 5. The predicted octanol–water partition coefficient (Wildman–Crippen LogP) is 6.58. The topological polar surface area (TPSA) is 102 Å². The fraction of sp³-hybridized carbons (Fsp3) is 0.179. The Hall–Kier alpha value is -4.36. The first-order chi connectivity index (χ1) is 20.0. The van der Waals surface area contributed by atoms with Crippen LogP contribution in [0.2, 0.25) is 5.02 Å². The van der Waals surface area contributed by atoms with E-state index in [4.69, 9.17) is 11.6 Å². The molecule has 0 radical (unpaired) electrons. The number of nitrogens with one attached hydrogen (secondary N) is 1.